The topological polar surface area (TPSA) is 89.9 Å². The Balaban J connectivity index is 2.77. The van der Waals surface area contributed by atoms with E-state index in [0.717, 1.165) is 31.4 Å². The Morgan fingerprint density at radius 1 is 1.20 bits per heavy atom. The fourth-order valence-electron chi connectivity index (χ4n) is 1.21. The van der Waals surface area contributed by atoms with Crippen molar-refractivity contribution >= 4 is 17.7 Å². The first kappa shape index (κ1) is 15.5. The normalized spacial score (nSPS) is 10.8. The van der Waals surface area contributed by atoms with E-state index in [4.69, 9.17) is 5.11 Å². The van der Waals surface area contributed by atoms with E-state index < -0.39 is 36.0 Å². The van der Waals surface area contributed by atoms with E-state index in [1.807, 2.05) is 0 Å². The molecular formula is C12H10F2O6. The Morgan fingerprint density at radius 2 is 1.75 bits per heavy atom. The highest BCUT2D eigenvalue weighted by atomic mass is 19.3. The summed E-state index contributed by atoms with van der Waals surface area (Å²) in [4.78, 5) is 32.6. The van der Waals surface area contributed by atoms with Crippen molar-refractivity contribution in [3.63, 3.8) is 0 Å². The lowest BCUT2D eigenvalue weighted by molar-refractivity contribution is -0.210. The second-order valence-electron chi connectivity index (χ2n) is 3.62. The monoisotopic (exact) mass is 288 g/mol. The number of benzene rings is 1. The second kappa shape index (κ2) is 6.09. The van der Waals surface area contributed by atoms with Crippen LogP contribution in [0.2, 0.25) is 0 Å². The van der Waals surface area contributed by atoms with Crippen molar-refractivity contribution in [1.82, 2.24) is 0 Å². The average Bonchev–Trinajstić information content (AvgIpc) is 2.38. The SMILES string of the molecule is COC(=O)CC(=O)c1ccc(OC(F)(F)C(=O)O)cc1. The average molecular weight is 288 g/mol. The number of methoxy groups -OCH3 is 1. The van der Waals surface area contributed by atoms with Gasteiger partial charge in [-0.3, -0.25) is 9.59 Å². The molecule has 108 valence electrons. The molecular weight excluding hydrogens is 278 g/mol. The summed E-state index contributed by atoms with van der Waals surface area (Å²) in [6, 6.07) is 4.28. The summed E-state index contributed by atoms with van der Waals surface area (Å²) in [5, 5.41) is 8.19. The smallest absolute Gasteiger partial charge is 0.474 e. The third-order valence-electron chi connectivity index (χ3n) is 2.20. The molecule has 1 aromatic carbocycles. The number of carboxylic acid groups (broad SMARTS) is 1. The van der Waals surface area contributed by atoms with Gasteiger partial charge in [-0.2, -0.15) is 8.78 Å². The van der Waals surface area contributed by atoms with Crippen LogP contribution in [0.4, 0.5) is 8.78 Å². The molecule has 0 spiro atoms. The van der Waals surface area contributed by atoms with Crippen molar-refractivity contribution in [1.29, 1.82) is 0 Å². The molecule has 0 fully saturated rings. The lowest BCUT2D eigenvalue weighted by Gasteiger charge is -2.13. The zero-order valence-corrected chi connectivity index (χ0v) is 10.3. The van der Waals surface area contributed by atoms with E-state index in [9.17, 15) is 23.2 Å². The maximum absolute atomic E-state index is 12.8. The van der Waals surface area contributed by atoms with Gasteiger partial charge in [0.1, 0.15) is 12.2 Å². The molecule has 0 unspecified atom stereocenters. The van der Waals surface area contributed by atoms with Crippen LogP contribution in [0.15, 0.2) is 24.3 Å². The van der Waals surface area contributed by atoms with Gasteiger partial charge in [-0.1, -0.05) is 0 Å². The lowest BCUT2D eigenvalue weighted by Crippen LogP contribution is -2.34. The van der Waals surface area contributed by atoms with Crippen LogP contribution in [-0.2, 0) is 14.3 Å². The standard InChI is InChI=1S/C12H10F2O6/c1-19-10(16)6-9(15)7-2-4-8(5-3-7)20-12(13,14)11(17)18/h2-5H,6H2,1H3,(H,17,18). The fraction of sp³-hybridized carbons (Fsp3) is 0.250. The van der Waals surface area contributed by atoms with Crippen LogP contribution in [0, 0.1) is 0 Å². The van der Waals surface area contributed by atoms with Gasteiger partial charge in [0, 0.05) is 5.56 Å². The number of carbonyl (C=O) groups is 3. The van der Waals surface area contributed by atoms with Crippen molar-refractivity contribution < 1.29 is 37.7 Å². The number of esters is 1. The van der Waals surface area contributed by atoms with E-state index in [0.29, 0.717) is 0 Å². The summed E-state index contributed by atoms with van der Waals surface area (Å²) in [5.74, 6) is -4.14. The van der Waals surface area contributed by atoms with E-state index in [2.05, 4.69) is 9.47 Å². The summed E-state index contributed by atoms with van der Waals surface area (Å²) < 4.78 is 33.8. The maximum atomic E-state index is 12.8. The molecule has 20 heavy (non-hydrogen) atoms. The minimum absolute atomic E-state index is 0.0846. The van der Waals surface area contributed by atoms with Gasteiger partial charge in [0.25, 0.3) is 0 Å². The van der Waals surface area contributed by atoms with Crippen LogP contribution in [0.3, 0.4) is 0 Å². The summed E-state index contributed by atoms with van der Waals surface area (Å²) >= 11 is 0. The minimum atomic E-state index is -4.36. The highest BCUT2D eigenvalue weighted by molar-refractivity contribution is 6.05. The summed E-state index contributed by atoms with van der Waals surface area (Å²) in [5.41, 5.74) is 0.0846. The molecule has 0 saturated heterocycles. The van der Waals surface area contributed by atoms with Crippen LogP contribution in [0.1, 0.15) is 16.8 Å². The van der Waals surface area contributed by atoms with Gasteiger partial charge in [0.15, 0.2) is 5.78 Å². The van der Waals surface area contributed by atoms with Gasteiger partial charge < -0.3 is 14.6 Å². The Kier molecular flexibility index (Phi) is 4.73. The molecule has 1 rings (SSSR count). The summed E-state index contributed by atoms with van der Waals surface area (Å²) in [7, 11) is 1.13. The zero-order chi connectivity index (χ0) is 15.3. The number of aliphatic carboxylic acids is 1. The quantitative estimate of drug-likeness (QED) is 0.484. The van der Waals surface area contributed by atoms with Gasteiger partial charge in [0.05, 0.1) is 7.11 Å². The van der Waals surface area contributed by atoms with Crippen molar-refractivity contribution in [2.24, 2.45) is 0 Å². The molecule has 1 aromatic rings. The first-order valence-electron chi connectivity index (χ1n) is 5.26. The third kappa shape index (κ3) is 4.01. The molecule has 0 amide bonds. The van der Waals surface area contributed by atoms with Crippen LogP contribution < -0.4 is 4.74 Å². The number of rotatable bonds is 6. The largest absolute Gasteiger partial charge is 0.501 e. The molecule has 6 nitrogen and oxygen atoms in total. The Labute approximate surface area is 111 Å². The van der Waals surface area contributed by atoms with Crippen molar-refractivity contribution in [2.75, 3.05) is 7.11 Å². The van der Waals surface area contributed by atoms with Crippen molar-refractivity contribution in [3.8, 4) is 5.75 Å². The van der Waals surface area contributed by atoms with Crippen LogP contribution in [0.5, 0.6) is 5.75 Å². The van der Waals surface area contributed by atoms with Crippen molar-refractivity contribution in [3.05, 3.63) is 29.8 Å². The maximum Gasteiger partial charge on any atom is 0.501 e. The molecule has 1 N–H and O–H groups in total. The van der Waals surface area contributed by atoms with Crippen LogP contribution in [0.25, 0.3) is 0 Å². The lowest BCUT2D eigenvalue weighted by atomic mass is 10.1. The third-order valence-corrected chi connectivity index (χ3v) is 2.20. The minimum Gasteiger partial charge on any atom is -0.474 e. The number of ether oxygens (including phenoxy) is 2. The van der Waals surface area contributed by atoms with Gasteiger partial charge in [0.2, 0.25) is 0 Å². The molecule has 8 heteroatoms. The number of Topliss-reactive ketones (excluding diaryl/α,β-unsaturated/α-hetero) is 1. The molecule has 0 aliphatic rings. The van der Waals surface area contributed by atoms with Gasteiger partial charge in [-0.15, -0.1) is 0 Å². The van der Waals surface area contributed by atoms with Crippen molar-refractivity contribution in [2.45, 2.75) is 12.5 Å². The summed E-state index contributed by atoms with van der Waals surface area (Å²) in [6.45, 7) is 0. The van der Waals surface area contributed by atoms with Gasteiger partial charge in [-0.25, -0.2) is 4.79 Å². The van der Waals surface area contributed by atoms with E-state index in [1.165, 1.54) is 0 Å². The molecule has 0 heterocycles. The molecule has 0 saturated carbocycles. The number of carbonyl (C=O) groups excluding carboxylic acids is 2. The van der Waals surface area contributed by atoms with E-state index >= 15 is 0 Å². The highest BCUT2D eigenvalue weighted by Crippen LogP contribution is 2.22. The zero-order valence-electron chi connectivity index (χ0n) is 10.3. The predicted octanol–water partition coefficient (Wildman–Crippen LogP) is 1.49. The van der Waals surface area contributed by atoms with Crippen LogP contribution >= 0.6 is 0 Å². The molecule has 0 atom stereocenters. The number of hydrogen-bond donors (Lipinski definition) is 1. The molecule has 0 aromatic heterocycles. The number of hydrogen-bond acceptors (Lipinski definition) is 5. The number of ketones is 1. The van der Waals surface area contributed by atoms with Gasteiger partial charge >= 0.3 is 18.0 Å². The number of alkyl halides is 2. The molecule has 0 bridgehead atoms. The predicted molar refractivity (Wildman–Crippen MR) is 60.6 cm³/mol. The Morgan fingerprint density at radius 3 is 2.20 bits per heavy atom. The molecule has 0 aliphatic carbocycles. The highest BCUT2D eigenvalue weighted by Gasteiger charge is 2.42. The number of carboxylic acids is 1. The Hall–Kier alpha value is -2.51. The van der Waals surface area contributed by atoms with Crippen LogP contribution in [-0.4, -0.2) is 36.0 Å². The summed E-state index contributed by atoms with van der Waals surface area (Å²) in [6.07, 6.45) is -4.85. The van der Waals surface area contributed by atoms with E-state index in [1.54, 1.807) is 0 Å². The molecule has 0 aliphatic heterocycles. The first-order chi connectivity index (χ1) is 9.26. The van der Waals surface area contributed by atoms with Gasteiger partial charge in [-0.05, 0) is 24.3 Å². The number of halogens is 2. The second-order valence-corrected chi connectivity index (χ2v) is 3.62. The first-order valence-corrected chi connectivity index (χ1v) is 5.26. The van der Waals surface area contributed by atoms with E-state index in [-0.39, 0.29) is 5.56 Å². The Bertz CT molecular complexity index is 523. The fourth-order valence-corrected chi connectivity index (χ4v) is 1.21. The molecule has 0 radical (unpaired) electrons.